The molecule has 3 aromatic carbocycles. The summed E-state index contributed by atoms with van der Waals surface area (Å²) in [7, 11) is 0. The topological polar surface area (TPSA) is 56.4 Å². The van der Waals surface area contributed by atoms with Crippen LogP contribution in [0.2, 0.25) is 0 Å². The molecule has 0 atom stereocenters. The molecule has 164 valence electrons. The van der Waals surface area contributed by atoms with E-state index in [1.54, 1.807) is 6.07 Å². The van der Waals surface area contributed by atoms with Crippen molar-refractivity contribution >= 4 is 35.1 Å². The molecule has 0 bridgehead atoms. The Bertz CT molecular complexity index is 1130. The highest BCUT2D eigenvalue weighted by Gasteiger charge is 2.26. The lowest BCUT2D eigenvalue weighted by molar-refractivity contribution is -0.121. The molecule has 3 aromatic rings. The maximum absolute atomic E-state index is 13.6. The zero-order valence-corrected chi connectivity index (χ0v) is 18.4. The van der Waals surface area contributed by atoms with Gasteiger partial charge in [0, 0.05) is 18.2 Å². The molecule has 32 heavy (non-hydrogen) atoms. The number of nitrogens with zero attached hydrogens (tertiary/aromatic N) is 1. The Morgan fingerprint density at radius 1 is 1.00 bits per heavy atom. The van der Waals surface area contributed by atoms with Crippen LogP contribution in [-0.2, 0) is 11.3 Å². The number of hydrogen-bond acceptors (Lipinski definition) is 5. The van der Waals surface area contributed by atoms with Gasteiger partial charge in [-0.3, -0.25) is 9.69 Å². The third kappa shape index (κ3) is 4.59. The predicted molar refractivity (Wildman–Crippen MR) is 130 cm³/mol. The number of halogens is 1. The second kappa shape index (κ2) is 9.22. The lowest BCUT2D eigenvalue weighted by Crippen LogP contribution is -2.37. The van der Waals surface area contributed by atoms with Crippen molar-refractivity contribution in [2.75, 3.05) is 27.9 Å². The van der Waals surface area contributed by atoms with Crippen molar-refractivity contribution in [1.82, 2.24) is 4.90 Å². The molecule has 1 fully saturated rings. The summed E-state index contributed by atoms with van der Waals surface area (Å²) in [5, 5.41) is 3.06. The molecule has 1 amide bonds. The summed E-state index contributed by atoms with van der Waals surface area (Å²) in [6.07, 6.45) is 1.68. The molecule has 0 aromatic heterocycles. The number of amides is 1. The average molecular weight is 449 g/mol. The van der Waals surface area contributed by atoms with Gasteiger partial charge in [-0.2, -0.15) is 0 Å². The van der Waals surface area contributed by atoms with Crippen LogP contribution in [0.1, 0.15) is 18.4 Å². The van der Waals surface area contributed by atoms with Gasteiger partial charge in [0.15, 0.2) is 0 Å². The lowest BCUT2D eigenvalue weighted by Gasteiger charge is -2.31. The molecule has 5 nitrogen and oxygen atoms in total. The van der Waals surface area contributed by atoms with Crippen LogP contribution in [0, 0.1) is 11.7 Å². The lowest BCUT2D eigenvalue weighted by atomic mass is 9.95. The van der Waals surface area contributed by atoms with E-state index in [0.717, 1.165) is 60.7 Å². The highest BCUT2D eigenvalue weighted by Crippen LogP contribution is 2.36. The Hall–Kier alpha value is -3.03. The Labute approximate surface area is 191 Å². The number of anilines is 3. The van der Waals surface area contributed by atoms with E-state index in [0.29, 0.717) is 0 Å². The fraction of sp³-hybridized carbons (Fsp3) is 0.240. The molecular formula is C25H25FN4OS. The third-order valence-corrected chi connectivity index (χ3v) is 6.73. The van der Waals surface area contributed by atoms with Crippen molar-refractivity contribution in [3.63, 3.8) is 0 Å². The van der Waals surface area contributed by atoms with Crippen LogP contribution in [-0.4, -0.2) is 23.9 Å². The smallest absolute Gasteiger partial charge is 0.227 e. The molecule has 7 heteroatoms. The molecular weight excluding hydrogens is 423 g/mol. The molecule has 0 spiro atoms. The van der Waals surface area contributed by atoms with Crippen LogP contribution in [0.25, 0.3) is 11.1 Å². The maximum Gasteiger partial charge on any atom is 0.227 e. The number of benzene rings is 3. The van der Waals surface area contributed by atoms with E-state index in [4.69, 9.17) is 0 Å². The molecule has 2 aliphatic rings. The van der Waals surface area contributed by atoms with Crippen molar-refractivity contribution in [3.05, 3.63) is 78.1 Å². The van der Waals surface area contributed by atoms with Crippen molar-refractivity contribution < 1.29 is 9.18 Å². The number of hydrogen-bond donors (Lipinski definition) is 3. The largest absolute Gasteiger partial charge is 0.326 e. The third-order valence-electron chi connectivity index (χ3n) is 6.11. The summed E-state index contributed by atoms with van der Waals surface area (Å²) in [5.41, 5.74) is 5.99. The van der Waals surface area contributed by atoms with E-state index >= 15 is 0 Å². The van der Waals surface area contributed by atoms with E-state index in [1.807, 2.05) is 30.3 Å². The zero-order valence-electron chi connectivity index (χ0n) is 17.6. The number of carbonyl (C=O) groups excluding carboxylic acids is 1. The Morgan fingerprint density at radius 3 is 2.56 bits per heavy atom. The van der Waals surface area contributed by atoms with E-state index in [1.165, 1.54) is 29.8 Å². The van der Waals surface area contributed by atoms with E-state index in [2.05, 4.69) is 37.9 Å². The molecule has 3 N–H and O–H groups in total. The first-order valence-corrected chi connectivity index (χ1v) is 11.7. The van der Waals surface area contributed by atoms with Crippen LogP contribution in [0.15, 0.2) is 66.7 Å². The number of piperidine rings is 1. The Morgan fingerprint density at radius 2 is 1.75 bits per heavy atom. The summed E-state index contributed by atoms with van der Waals surface area (Å²) in [6, 6.07) is 20.4. The van der Waals surface area contributed by atoms with Gasteiger partial charge in [-0.05, 0) is 73.0 Å². The number of carbonyl (C=O) groups is 1. The maximum atomic E-state index is 13.6. The zero-order chi connectivity index (χ0) is 21.9. The fourth-order valence-corrected chi connectivity index (χ4v) is 5.03. The summed E-state index contributed by atoms with van der Waals surface area (Å²) < 4.78 is 20.1. The number of fused-ring (bicyclic) bond motifs is 1. The van der Waals surface area contributed by atoms with Crippen molar-refractivity contribution in [2.45, 2.75) is 19.4 Å². The molecule has 0 unspecified atom stereocenters. The minimum Gasteiger partial charge on any atom is -0.326 e. The molecule has 1 saturated heterocycles. The Kier molecular flexibility index (Phi) is 6.01. The number of nitrogens with one attached hydrogen (secondary N) is 3. The SMILES string of the molecule is O=C(Nc1cccc(-c2cccc(F)c2)c1)C1CCN(Cc2cccc3c2NSN3)CC1. The van der Waals surface area contributed by atoms with Gasteiger partial charge in [0.25, 0.3) is 0 Å². The average Bonchev–Trinajstić information content (AvgIpc) is 3.30. The van der Waals surface area contributed by atoms with Crippen LogP contribution < -0.4 is 14.8 Å². The molecule has 0 radical (unpaired) electrons. The van der Waals surface area contributed by atoms with Gasteiger partial charge in [-0.25, -0.2) is 4.39 Å². The van der Waals surface area contributed by atoms with Gasteiger partial charge >= 0.3 is 0 Å². The van der Waals surface area contributed by atoms with Crippen LogP contribution in [0.3, 0.4) is 0 Å². The van der Waals surface area contributed by atoms with E-state index in [-0.39, 0.29) is 17.6 Å². The van der Waals surface area contributed by atoms with Crippen LogP contribution >= 0.6 is 12.1 Å². The monoisotopic (exact) mass is 448 g/mol. The van der Waals surface area contributed by atoms with Gasteiger partial charge in [0.1, 0.15) is 5.82 Å². The minimum atomic E-state index is -0.269. The number of rotatable bonds is 5. The summed E-state index contributed by atoms with van der Waals surface area (Å²) in [4.78, 5) is 15.3. The Balaban J connectivity index is 1.18. The first-order valence-electron chi connectivity index (χ1n) is 10.8. The molecule has 0 aliphatic carbocycles. The highest BCUT2D eigenvalue weighted by molar-refractivity contribution is 8.02. The number of likely N-dealkylation sites (tertiary alicyclic amines) is 1. The second-order valence-electron chi connectivity index (χ2n) is 8.28. The first kappa shape index (κ1) is 20.8. The van der Waals surface area contributed by atoms with Gasteiger partial charge in [0.2, 0.25) is 5.91 Å². The van der Waals surface area contributed by atoms with Crippen molar-refractivity contribution in [1.29, 1.82) is 0 Å². The van der Waals surface area contributed by atoms with E-state index < -0.39 is 0 Å². The summed E-state index contributed by atoms with van der Waals surface area (Å²) in [6.45, 7) is 2.67. The van der Waals surface area contributed by atoms with Crippen LogP contribution in [0.4, 0.5) is 21.5 Å². The summed E-state index contributed by atoms with van der Waals surface area (Å²) >= 11 is 1.49. The summed E-state index contributed by atoms with van der Waals surface area (Å²) in [5.74, 6) is -0.209. The number of para-hydroxylation sites is 1. The standard InChI is InChI=1S/C25H25FN4OS/c26-21-7-1-4-18(14-21)19-5-2-8-22(15-19)27-25(31)17-10-12-30(13-11-17)16-20-6-3-9-23-24(20)29-32-28-23/h1-9,14-15,17,28-29H,10-13,16H2,(H,27,31). The normalized spacial score (nSPS) is 16.2. The van der Waals surface area contributed by atoms with Crippen molar-refractivity contribution in [2.24, 2.45) is 5.92 Å². The van der Waals surface area contributed by atoms with Gasteiger partial charge in [0.05, 0.1) is 23.5 Å². The van der Waals surface area contributed by atoms with Gasteiger partial charge in [-0.1, -0.05) is 36.4 Å². The molecule has 2 heterocycles. The molecule has 0 saturated carbocycles. The van der Waals surface area contributed by atoms with Gasteiger partial charge in [-0.15, -0.1) is 0 Å². The predicted octanol–water partition coefficient (Wildman–Crippen LogP) is 5.74. The first-order chi connectivity index (χ1) is 15.7. The fourth-order valence-electron chi connectivity index (χ4n) is 4.35. The quantitative estimate of drug-likeness (QED) is 0.434. The van der Waals surface area contributed by atoms with E-state index in [9.17, 15) is 9.18 Å². The van der Waals surface area contributed by atoms with Crippen LogP contribution in [0.5, 0.6) is 0 Å². The second-order valence-corrected chi connectivity index (χ2v) is 8.89. The van der Waals surface area contributed by atoms with Crippen molar-refractivity contribution in [3.8, 4) is 11.1 Å². The minimum absolute atomic E-state index is 0.000844. The highest BCUT2D eigenvalue weighted by atomic mass is 32.2. The van der Waals surface area contributed by atoms with Gasteiger partial charge < -0.3 is 14.8 Å². The molecule has 2 aliphatic heterocycles. The molecule has 5 rings (SSSR count).